The Morgan fingerprint density at radius 1 is 1.57 bits per heavy atom. The van der Waals surface area contributed by atoms with Gasteiger partial charge in [0.05, 0.1) is 17.6 Å². The van der Waals surface area contributed by atoms with Gasteiger partial charge in [-0.2, -0.15) is 0 Å². The first-order valence-corrected chi connectivity index (χ1v) is 4.21. The lowest BCUT2D eigenvalue weighted by Crippen LogP contribution is -2.08. The molecule has 0 saturated heterocycles. The summed E-state index contributed by atoms with van der Waals surface area (Å²) in [5.74, 6) is -1.37. The van der Waals surface area contributed by atoms with Gasteiger partial charge in [-0.25, -0.2) is 4.52 Å². The molecule has 0 aliphatic heterocycles. The number of carbonyl (C=O) groups is 1. The first-order chi connectivity index (χ1) is 6.68. The largest absolute Gasteiger partial charge is 0.481 e. The summed E-state index contributed by atoms with van der Waals surface area (Å²) in [5, 5.41) is 16.3. The van der Waals surface area contributed by atoms with Gasteiger partial charge in [0, 0.05) is 6.20 Å². The van der Waals surface area contributed by atoms with E-state index in [0.29, 0.717) is 0 Å². The topological polar surface area (TPSA) is 67.5 Å². The molecule has 0 aliphatic rings. The minimum atomic E-state index is -0.843. The second-order valence-electron chi connectivity index (χ2n) is 3.13. The molecule has 0 amide bonds. The Morgan fingerprint density at radius 2 is 2.36 bits per heavy atom. The van der Waals surface area contributed by atoms with Crippen LogP contribution >= 0.6 is 0 Å². The van der Waals surface area contributed by atoms with Gasteiger partial charge in [-0.1, -0.05) is 11.3 Å². The monoisotopic (exact) mass is 191 g/mol. The Kier molecular flexibility index (Phi) is 1.92. The molecule has 72 valence electrons. The zero-order valence-electron chi connectivity index (χ0n) is 7.58. The number of hydrogen-bond acceptors (Lipinski definition) is 3. The van der Waals surface area contributed by atoms with Crippen molar-refractivity contribution in [2.24, 2.45) is 0 Å². The number of hydrogen-bond donors (Lipinski definition) is 1. The van der Waals surface area contributed by atoms with Gasteiger partial charge >= 0.3 is 5.97 Å². The van der Waals surface area contributed by atoms with E-state index < -0.39 is 11.9 Å². The fraction of sp³-hybridized carbons (Fsp3) is 0.222. The maximum absolute atomic E-state index is 10.7. The van der Waals surface area contributed by atoms with Crippen molar-refractivity contribution in [2.75, 3.05) is 0 Å². The van der Waals surface area contributed by atoms with Crippen molar-refractivity contribution in [1.29, 1.82) is 0 Å². The van der Waals surface area contributed by atoms with Crippen molar-refractivity contribution in [3.05, 3.63) is 30.1 Å². The third-order valence-corrected chi connectivity index (χ3v) is 2.19. The van der Waals surface area contributed by atoms with E-state index in [-0.39, 0.29) is 0 Å². The van der Waals surface area contributed by atoms with Crippen molar-refractivity contribution < 1.29 is 9.90 Å². The van der Waals surface area contributed by atoms with Gasteiger partial charge < -0.3 is 5.11 Å². The predicted octanol–water partition coefficient (Wildman–Crippen LogP) is 0.917. The second-order valence-corrected chi connectivity index (χ2v) is 3.13. The highest BCUT2D eigenvalue weighted by Crippen LogP contribution is 2.15. The molecule has 5 nitrogen and oxygen atoms in total. The predicted molar refractivity (Wildman–Crippen MR) is 49.0 cm³/mol. The molecule has 2 heterocycles. The van der Waals surface area contributed by atoms with Gasteiger partial charge in [0.2, 0.25) is 0 Å². The van der Waals surface area contributed by atoms with E-state index in [9.17, 15) is 4.79 Å². The average Bonchev–Trinajstić information content (AvgIpc) is 2.62. The standard InChI is InChI=1S/C9H9N3O2/c1-6(9(13)14)7-2-3-8-4-10-11-12(8)5-7/h2-6H,1H3,(H,13,14). The molecule has 0 spiro atoms. The molecule has 0 radical (unpaired) electrons. The third kappa shape index (κ3) is 1.32. The first kappa shape index (κ1) is 8.68. The second kappa shape index (κ2) is 3.10. The van der Waals surface area contributed by atoms with Gasteiger partial charge in [0.15, 0.2) is 0 Å². The van der Waals surface area contributed by atoms with Gasteiger partial charge in [0.25, 0.3) is 0 Å². The van der Waals surface area contributed by atoms with Crippen LogP contribution in [0.2, 0.25) is 0 Å². The van der Waals surface area contributed by atoms with E-state index in [2.05, 4.69) is 10.3 Å². The van der Waals surface area contributed by atoms with Crippen LogP contribution in [-0.2, 0) is 4.79 Å². The Hall–Kier alpha value is -1.91. The molecule has 1 N–H and O–H groups in total. The van der Waals surface area contributed by atoms with Crippen LogP contribution in [0.25, 0.3) is 5.52 Å². The Bertz CT molecular complexity index is 478. The molecule has 2 aromatic rings. The lowest BCUT2D eigenvalue weighted by molar-refractivity contribution is -0.138. The minimum Gasteiger partial charge on any atom is -0.481 e. The number of fused-ring (bicyclic) bond motifs is 1. The molecule has 2 aromatic heterocycles. The molecule has 0 aromatic carbocycles. The third-order valence-electron chi connectivity index (χ3n) is 2.19. The molecule has 14 heavy (non-hydrogen) atoms. The lowest BCUT2D eigenvalue weighted by atomic mass is 10.0. The molecular weight excluding hydrogens is 182 g/mol. The highest BCUT2D eigenvalue weighted by Gasteiger charge is 2.13. The molecule has 2 rings (SSSR count). The van der Waals surface area contributed by atoms with Crippen LogP contribution in [0, 0.1) is 0 Å². The van der Waals surface area contributed by atoms with Gasteiger partial charge in [-0.05, 0) is 18.6 Å². The summed E-state index contributed by atoms with van der Waals surface area (Å²) in [7, 11) is 0. The van der Waals surface area contributed by atoms with Crippen LogP contribution in [0.15, 0.2) is 24.5 Å². The summed E-state index contributed by atoms with van der Waals surface area (Å²) in [6, 6.07) is 3.58. The van der Waals surface area contributed by atoms with Crippen molar-refractivity contribution in [3.63, 3.8) is 0 Å². The van der Waals surface area contributed by atoms with Crippen LogP contribution in [0.5, 0.6) is 0 Å². The average molecular weight is 191 g/mol. The van der Waals surface area contributed by atoms with E-state index >= 15 is 0 Å². The summed E-state index contributed by atoms with van der Waals surface area (Å²) in [6.07, 6.45) is 3.30. The minimum absolute atomic E-state index is 0.524. The quantitative estimate of drug-likeness (QED) is 0.766. The Labute approximate surface area is 80.0 Å². The van der Waals surface area contributed by atoms with Crippen molar-refractivity contribution in [2.45, 2.75) is 12.8 Å². The van der Waals surface area contributed by atoms with E-state index in [4.69, 9.17) is 5.11 Å². The van der Waals surface area contributed by atoms with Crippen molar-refractivity contribution in [1.82, 2.24) is 14.8 Å². The number of aromatic nitrogens is 3. The van der Waals surface area contributed by atoms with Gasteiger partial charge in [-0.15, -0.1) is 5.10 Å². The molecule has 5 heteroatoms. The molecular formula is C9H9N3O2. The highest BCUT2D eigenvalue weighted by atomic mass is 16.4. The van der Waals surface area contributed by atoms with E-state index in [1.54, 1.807) is 36.0 Å². The highest BCUT2D eigenvalue weighted by molar-refractivity contribution is 5.75. The van der Waals surface area contributed by atoms with E-state index in [0.717, 1.165) is 11.1 Å². The summed E-state index contributed by atoms with van der Waals surface area (Å²) in [5.41, 5.74) is 1.57. The van der Waals surface area contributed by atoms with E-state index in [1.165, 1.54) is 0 Å². The summed E-state index contributed by atoms with van der Waals surface area (Å²) >= 11 is 0. The Balaban J connectivity index is 2.48. The maximum Gasteiger partial charge on any atom is 0.310 e. The normalized spacial score (nSPS) is 12.9. The zero-order chi connectivity index (χ0) is 10.1. The first-order valence-electron chi connectivity index (χ1n) is 4.21. The molecule has 0 fully saturated rings. The molecule has 0 bridgehead atoms. The Morgan fingerprint density at radius 3 is 3.07 bits per heavy atom. The van der Waals surface area contributed by atoms with Gasteiger partial charge in [0.1, 0.15) is 0 Å². The van der Waals surface area contributed by atoms with Crippen LogP contribution < -0.4 is 0 Å². The van der Waals surface area contributed by atoms with Crippen molar-refractivity contribution >= 4 is 11.5 Å². The van der Waals surface area contributed by atoms with Crippen LogP contribution in [0.3, 0.4) is 0 Å². The lowest BCUT2D eigenvalue weighted by Gasteiger charge is -2.05. The van der Waals surface area contributed by atoms with Gasteiger partial charge in [-0.3, -0.25) is 4.79 Å². The zero-order valence-corrected chi connectivity index (χ0v) is 7.58. The van der Waals surface area contributed by atoms with Crippen molar-refractivity contribution in [3.8, 4) is 0 Å². The molecule has 1 atom stereocenters. The smallest absolute Gasteiger partial charge is 0.310 e. The number of pyridine rings is 1. The van der Waals surface area contributed by atoms with Crippen LogP contribution in [0.4, 0.5) is 0 Å². The number of rotatable bonds is 2. The summed E-state index contributed by atoms with van der Waals surface area (Å²) in [4.78, 5) is 10.7. The number of nitrogens with zero attached hydrogens (tertiary/aromatic N) is 3. The fourth-order valence-electron chi connectivity index (χ4n) is 1.24. The van der Waals surface area contributed by atoms with E-state index in [1.807, 2.05) is 0 Å². The van der Waals surface area contributed by atoms with Crippen LogP contribution in [0.1, 0.15) is 18.4 Å². The fourth-order valence-corrected chi connectivity index (χ4v) is 1.24. The maximum atomic E-state index is 10.7. The summed E-state index contributed by atoms with van der Waals surface area (Å²) in [6.45, 7) is 1.64. The number of carboxylic acids is 1. The molecule has 1 unspecified atom stereocenters. The van der Waals surface area contributed by atoms with Crippen LogP contribution in [-0.4, -0.2) is 25.9 Å². The number of aliphatic carboxylic acids is 1. The SMILES string of the molecule is CC(C(=O)O)c1ccc2cnnn2c1. The molecule has 0 aliphatic carbocycles. The summed E-state index contributed by atoms with van der Waals surface area (Å²) < 4.78 is 1.56. The number of carboxylic acid groups (broad SMARTS) is 1. The molecule has 0 saturated carbocycles.